The average Bonchev–Trinajstić information content (AvgIpc) is 2.36. The minimum absolute atomic E-state index is 0.113. The molecule has 20 heavy (non-hydrogen) atoms. The molecule has 0 amide bonds. The molecule has 1 N–H and O–H groups in total. The van der Waals surface area contributed by atoms with Crippen LogP contribution in [0.5, 0.6) is 5.75 Å². The first-order valence-corrected chi connectivity index (χ1v) is 7.31. The predicted molar refractivity (Wildman–Crippen MR) is 88.3 cm³/mol. The third kappa shape index (κ3) is 5.70. The number of benzene rings is 1. The molecule has 0 radical (unpaired) electrons. The molecule has 3 heteroatoms. The van der Waals surface area contributed by atoms with Crippen LogP contribution >= 0.6 is 11.6 Å². The van der Waals surface area contributed by atoms with E-state index in [1.807, 2.05) is 39.0 Å². The van der Waals surface area contributed by atoms with Crippen molar-refractivity contribution in [3.63, 3.8) is 0 Å². The zero-order valence-corrected chi connectivity index (χ0v) is 13.4. The topological polar surface area (TPSA) is 21.3 Å². The number of hydrogen-bond acceptors (Lipinski definition) is 2. The molecule has 0 bridgehead atoms. The third-order valence-corrected chi connectivity index (χ3v) is 3.06. The first-order chi connectivity index (χ1) is 9.40. The maximum absolute atomic E-state index is 6.21. The molecule has 0 aliphatic carbocycles. The summed E-state index contributed by atoms with van der Waals surface area (Å²) in [5.41, 5.74) is 3.07. The van der Waals surface area contributed by atoms with Gasteiger partial charge in [0, 0.05) is 12.2 Å². The fourth-order valence-electron chi connectivity index (χ4n) is 1.77. The van der Waals surface area contributed by atoms with Gasteiger partial charge in [0.05, 0.1) is 11.1 Å². The second kappa shape index (κ2) is 8.01. The molecule has 0 saturated heterocycles. The lowest BCUT2D eigenvalue weighted by molar-refractivity contribution is 0.242. The van der Waals surface area contributed by atoms with Gasteiger partial charge in [-0.2, -0.15) is 0 Å². The van der Waals surface area contributed by atoms with Gasteiger partial charge in [0.15, 0.2) is 0 Å². The van der Waals surface area contributed by atoms with E-state index in [4.69, 9.17) is 16.3 Å². The molecule has 0 aliphatic heterocycles. The number of ether oxygens (including phenoxy) is 1. The fraction of sp³-hybridized carbons (Fsp3) is 0.412. The molecule has 2 nitrogen and oxygen atoms in total. The highest BCUT2D eigenvalue weighted by Gasteiger charge is 2.06. The molecule has 0 fully saturated rings. The molecule has 1 aromatic carbocycles. The van der Waals surface area contributed by atoms with Gasteiger partial charge in [0.1, 0.15) is 5.75 Å². The van der Waals surface area contributed by atoms with Crippen LogP contribution in [-0.4, -0.2) is 12.6 Å². The summed E-state index contributed by atoms with van der Waals surface area (Å²) >= 11 is 6.21. The van der Waals surface area contributed by atoms with Crippen molar-refractivity contribution in [3.05, 3.63) is 47.5 Å². The van der Waals surface area contributed by atoms with E-state index < -0.39 is 0 Å². The second-order valence-corrected chi connectivity index (χ2v) is 5.68. The Labute approximate surface area is 127 Å². The first-order valence-electron chi connectivity index (χ1n) is 6.94. The van der Waals surface area contributed by atoms with Crippen molar-refractivity contribution >= 4 is 17.3 Å². The monoisotopic (exact) mass is 293 g/mol. The third-order valence-electron chi connectivity index (χ3n) is 2.76. The van der Waals surface area contributed by atoms with E-state index in [1.165, 1.54) is 5.57 Å². The minimum atomic E-state index is 0.113. The zero-order valence-electron chi connectivity index (χ0n) is 12.6. The van der Waals surface area contributed by atoms with E-state index in [1.54, 1.807) is 0 Å². The van der Waals surface area contributed by atoms with E-state index in [2.05, 4.69) is 18.5 Å². The molecule has 1 aromatic rings. The molecule has 0 aromatic heterocycles. The maximum Gasteiger partial charge on any atom is 0.138 e. The van der Waals surface area contributed by atoms with Gasteiger partial charge in [-0.3, -0.25) is 0 Å². The molecule has 0 heterocycles. The predicted octanol–water partition coefficient (Wildman–Crippen LogP) is 5.04. The SMILES string of the molecule is C=C(C)CCCNC(=C)c1ccc(OC(C)C)c(Cl)c1. The Hall–Kier alpha value is -1.41. The van der Waals surface area contributed by atoms with Crippen molar-refractivity contribution in [1.29, 1.82) is 0 Å². The molecule has 0 aliphatic rings. The number of allylic oxidation sites excluding steroid dienone is 1. The van der Waals surface area contributed by atoms with Crippen LogP contribution in [0.25, 0.3) is 5.70 Å². The molecule has 0 spiro atoms. The van der Waals surface area contributed by atoms with Crippen LogP contribution in [0.1, 0.15) is 39.2 Å². The quantitative estimate of drug-likeness (QED) is 0.535. The lowest BCUT2D eigenvalue weighted by Gasteiger charge is -2.14. The standard InChI is InChI=1S/C17H24ClNO/c1-12(2)7-6-10-19-14(5)15-8-9-17(16(18)11-15)20-13(3)4/h8-9,11,13,19H,1,5-7,10H2,2-4H3. The van der Waals surface area contributed by atoms with Gasteiger partial charge in [-0.1, -0.05) is 23.8 Å². The van der Waals surface area contributed by atoms with E-state index in [0.717, 1.165) is 30.6 Å². The number of rotatable bonds is 8. The summed E-state index contributed by atoms with van der Waals surface area (Å²) in [4.78, 5) is 0. The molecule has 0 atom stereocenters. The highest BCUT2D eigenvalue weighted by Crippen LogP contribution is 2.28. The molecular formula is C17H24ClNO. The average molecular weight is 294 g/mol. The van der Waals surface area contributed by atoms with Crippen LogP contribution in [0.2, 0.25) is 5.02 Å². The van der Waals surface area contributed by atoms with Gasteiger partial charge in [-0.05, 0) is 57.4 Å². The van der Waals surface area contributed by atoms with Crippen LogP contribution in [-0.2, 0) is 0 Å². The normalized spacial score (nSPS) is 10.4. The summed E-state index contributed by atoms with van der Waals surface area (Å²) < 4.78 is 5.61. The fourth-order valence-corrected chi connectivity index (χ4v) is 1.99. The second-order valence-electron chi connectivity index (χ2n) is 5.28. The van der Waals surface area contributed by atoms with Crippen molar-refractivity contribution < 1.29 is 4.74 Å². The molecular weight excluding hydrogens is 270 g/mol. The summed E-state index contributed by atoms with van der Waals surface area (Å²) in [6, 6.07) is 5.74. The van der Waals surface area contributed by atoms with Gasteiger partial charge in [-0.25, -0.2) is 0 Å². The Morgan fingerprint density at radius 3 is 2.60 bits per heavy atom. The van der Waals surface area contributed by atoms with Gasteiger partial charge in [0.2, 0.25) is 0 Å². The number of hydrogen-bond donors (Lipinski definition) is 1. The Bertz CT molecular complexity index is 480. The first kappa shape index (κ1) is 16.6. The largest absolute Gasteiger partial charge is 0.489 e. The van der Waals surface area contributed by atoms with Gasteiger partial charge < -0.3 is 10.1 Å². The zero-order chi connectivity index (χ0) is 15.1. The van der Waals surface area contributed by atoms with Crippen LogP contribution in [0.3, 0.4) is 0 Å². The Morgan fingerprint density at radius 1 is 1.35 bits per heavy atom. The van der Waals surface area contributed by atoms with Crippen molar-refractivity contribution in [1.82, 2.24) is 5.32 Å². The molecule has 0 saturated carbocycles. The van der Waals surface area contributed by atoms with Crippen molar-refractivity contribution in [2.75, 3.05) is 6.54 Å². The summed E-state index contributed by atoms with van der Waals surface area (Å²) in [5.74, 6) is 0.709. The van der Waals surface area contributed by atoms with E-state index in [-0.39, 0.29) is 6.10 Å². The van der Waals surface area contributed by atoms with Crippen LogP contribution in [0.4, 0.5) is 0 Å². The van der Waals surface area contributed by atoms with Crippen LogP contribution in [0, 0.1) is 0 Å². The van der Waals surface area contributed by atoms with E-state index in [9.17, 15) is 0 Å². The minimum Gasteiger partial charge on any atom is -0.489 e. The molecule has 0 unspecified atom stereocenters. The lowest BCUT2D eigenvalue weighted by atomic mass is 10.1. The van der Waals surface area contributed by atoms with Crippen LogP contribution < -0.4 is 10.1 Å². The Kier molecular flexibility index (Phi) is 6.66. The lowest BCUT2D eigenvalue weighted by Crippen LogP contribution is -2.13. The van der Waals surface area contributed by atoms with Gasteiger partial charge in [-0.15, -0.1) is 6.58 Å². The van der Waals surface area contributed by atoms with Crippen molar-refractivity contribution in [2.45, 2.75) is 39.7 Å². The van der Waals surface area contributed by atoms with Gasteiger partial charge in [0.25, 0.3) is 0 Å². The van der Waals surface area contributed by atoms with Crippen molar-refractivity contribution in [2.24, 2.45) is 0 Å². The highest BCUT2D eigenvalue weighted by molar-refractivity contribution is 6.32. The smallest absolute Gasteiger partial charge is 0.138 e. The summed E-state index contributed by atoms with van der Waals surface area (Å²) in [6.07, 6.45) is 2.19. The highest BCUT2D eigenvalue weighted by atomic mass is 35.5. The molecule has 110 valence electrons. The number of halogens is 1. The summed E-state index contributed by atoms with van der Waals surface area (Å²) in [6.45, 7) is 14.8. The van der Waals surface area contributed by atoms with Crippen LogP contribution in [0.15, 0.2) is 36.9 Å². The van der Waals surface area contributed by atoms with Gasteiger partial charge >= 0.3 is 0 Å². The molecule has 1 rings (SSSR count). The van der Waals surface area contributed by atoms with Crippen molar-refractivity contribution in [3.8, 4) is 5.75 Å². The summed E-state index contributed by atoms with van der Waals surface area (Å²) in [7, 11) is 0. The van der Waals surface area contributed by atoms with E-state index in [0.29, 0.717) is 10.8 Å². The maximum atomic E-state index is 6.21. The number of nitrogens with one attached hydrogen (secondary N) is 1. The van der Waals surface area contributed by atoms with E-state index >= 15 is 0 Å². The summed E-state index contributed by atoms with van der Waals surface area (Å²) in [5, 5.41) is 3.92. The Morgan fingerprint density at radius 2 is 2.05 bits per heavy atom. The Balaban J connectivity index is 2.56.